The molecule has 0 N–H and O–H groups in total. The molecule has 0 saturated carbocycles. The Hall–Kier alpha value is -0.630. The van der Waals surface area contributed by atoms with Gasteiger partial charge in [-0.1, -0.05) is 19.4 Å². The van der Waals surface area contributed by atoms with E-state index in [1.54, 1.807) is 7.11 Å². The van der Waals surface area contributed by atoms with Gasteiger partial charge in [-0.05, 0) is 18.9 Å². The van der Waals surface area contributed by atoms with Crippen LogP contribution in [0.1, 0.15) is 33.1 Å². The van der Waals surface area contributed by atoms with E-state index < -0.39 is 0 Å². The second-order valence-electron chi connectivity index (χ2n) is 2.86. The molecular formula is C10H18O2. The van der Waals surface area contributed by atoms with E-state index in [1.165, 1.54) is 0 Å². The van der Waals surface area contributed by atoms with Crippen LogP contribution in [0.2, 0.25) is 0 Å². The van der Waals surface area contributed by atoms with Crippen LogP contribution in [-0.2, 0) is 9.53 Å². The van der Waals surface area contributed by atoms with Crippen LogP contribution in [0, 0.1) is 0 Å². The molecule has 2 nitrogen and oxygen atoms in total. The molecule has 2 heteroatoms. The SMILES string of the molecule is CCCC(OC)C(C)=CCC=O. The lowest BCUT2D eigenvalue weighted by Gasteiger charge is -2.14. The first-order chi connectivity index (χ1) is 5.76. The van der Waals surface area contributed by atoms with Crippen molar-refractivity contribution in [3.05, 3.63) is 11.6 Å². The third-order valence-electron chi connectivity index (χ3n) is 1.88. The zero-order valence-corrected chi connectivity index (χ0v) is 8.17. The molecule has 0 fully saturated rings. The van der Waals surface area contributed by atoms with Crippen LogP contribution in [0.3, 0.4) is 0 Å². The second kappa shape index (κ2) is 7.04. The number of hydrogen-bond donors (Lipinski definition) is 0. The van der Waals surface area contributed by atoms with E-state index in [4.69, 9.17) is 4.74 Å². The fraction of sp³-hybridized carbons (Fsp3) is 0.700. The van der Waals surface area contributed by atoms with Crippen molar-refractivity contribution in [1.82, 2.24) is 0 Å². The fourth-order valence-corrected chi connectivity index (χ4v) is 1.16. The van der Waals surface area contributed by atoms with Crippen LogP contribution in [-0.4, -0.2) is 19.5 Å². The molecule has 1 atom stereocenters. The van der Waals surface area contributed by atoms with Gasteiger partial charge in [-0.15, -0.1) is 0 Å². The summed E-state index contributed by atoms with van der Waals surface area (Å²) >= 11 is 0. The van der Waals surface area contributed by atoms with Crippen molar-refractivity contribution in [3.63, 3.8) is 0 Å². The van der Waals surface area contributed by atoms with E-state index >= 15 is 0 Å². The summed E-state index contributed by atoms with van der Waals surface area (Å²) in [5.74, 6) is 0. The van der Waals surface area contributed by atoms with E-state index in [2.05, 4.69) is 6.92 Å². The minimum absolute atomic E-state index is 0.190. The maximum absolute atomic E-state index is 10.1. The monoisotopic (exact) mass is 170 g/mol. The molecule has 0 aromatic carbocycles. The lowest BCUT2D eigenvalue weighted by molar-refractivity contribution is -0.107. The molecule has 0 radical (unpaired) electrons. The van der Waals surface area contributed by atoms with Crippen molar-refractivity contribution in [2.75, 3.05) is 7.11 Å². The van der Waals surface area contributed by atoms with Crippen molar-refractivity contribution < 1.29 is 9.53 Å². The summed E-state index contributed by atoms with van der Waals surface area (Å²) in [6.07, 6.45) is 5.64. The Balaban J connectivity index is 3.99. The van der Waals surface area contributed by atoms with Gasteiger partial charge in [0.1, 0.15) is 6.29 Å². The number of carbonyl (C=O) groups excluding carboxylic acids is 1. The zero-order chi connectivity index (χ0) is 9.40. The number of aldehydes is 1. The first-order valence-electron chi connectivity index (χ1n) is 4.39. The Kier molecular flexibility index (Phi) is 6.67. The van der Waals surface area contributed by atoms with E-state index in [9.17, 15) is 4.79 Å². The van der Waals surface area contributed by atoms with Crippen LogP contribution in [0.15, 0.2) is 11.6 Å². The van der Waals surface area contributed by atoms with Crippen LogP contribution in [0.4, 0.5) is 0 Å². The minimum atomic E-state index is 0.190. The minimum Gasteiger partial charge on any atom is -0.377 e. The summed E-state index contributed by atoms with van der Waals surface area (Å²) in [6, 6.07) is 0. The van der Waals surface area contributed by atoms with Crippen molar-refractivity contribution in [2.45, 2.75) is 39.2 Å². The third-order valence-corrected chi connectivity index (χ3v) is 1.88. The van der Waals surface area contributed by atoms with Crippen molar-refractivity contribution in [1.29, 1.82) is 0 Å². The number of carbonyl (C=O) groups is 1. The molecule has 0 aromatic heterocycles. The highest BCUT2D eigenvalue weighted by Crippen LogP contribution is 2.11. The Morgan fingerprint density at radius 3 is 2.67 bits per heavy atom. The zero-order valence-electron chi connectivity index (χ0n) is 8.17. The number of allylic oxidation sites excluding steroid dienone is 1. The maximum atomic E-state index is 10.1. The summed E-state index contributed by atoms with van der Waals surface area (Å²) in [6.45, 7) is 4.13. The van der Waals surface area contributed by atoms with Crippen LogP contribution in [0.25, 0.3) is 0 Å². The van der Waals surface area contributed by atoms with Gasteiger partial charge in [0.2, 0.25) is 0 Å². The largest absolute Gasteiger partial charge is 0.377 e. The Morgan fingerprint density at radius 2 is 2.25 bits per heavy atom. The molecule has 0 aliphatic carbocycles. The Morgan fingerprint density at radius 1 is 1.58 bits per heavy atom. The third kappa shape index (κ3) is 4.29. The number of methoxy groups -OCH3 is 1. The average Bonchev–Trinajstić information content (AvgIpc) is 2.10. The molecule has 0 aliphatic heterocycles. The first kappa shape index (κ1) is 11.4. The quantitative estimate of drug-likeness (QED) is 0.452. The van der Waals surface area contributed by atoms with Crippen LogP contribution >= 0.6 is 0 Å². The summed E-state index contributed by atoms with van der Waals surface area (Å²) in [5, 5.41) is 0. The molecule has 0 aliphatic rings. The molecule has 70 valence electrons. The molecule has 0 saturated heterocycles. The van der Waals surface area contributed by atoms with Gasteiger partial charge in [-0.25, -0.2) is 0 Å². The summed E-state index contributed by atoms with van der Waals surface area (Å²) in [4.78, 5) is 10.1. The van der Waals surface area contributed by atoms with Gasteiger partial charge in [0, 0.05) is 13.5 Å². The smallest absolute Gasteiger partial charge is 0.123 e. The number of rotatable bonds is 6. The van der Waals surface area contributed by atoms with Gasteiger partial charge in [0.15, 0.2) is 0 Å². The highest BCUT2D eigenvalue weighted by Gasteiger charge is 2.06. The molecule has 0 rings (SSSR count). The molecule has 1 unspecified atom stereocenters. The average molecular weight is 170 g/mol. The summed E-state index contributed by atoms with van der Waals surface area (Å²) in [7, 11) is 1.71. The highest BCUT2D eigenvalue weighted by atomic mass is 16.5. The molecule has 0 spiro atoms. The first-order valence-corrected chi connectivity index (χ1v) is 4.39. The van der Waals surface area contributed by atoms with Crippen LogP contribution < -0.4 is 0 Å². The van der Waals surface area contributed by atoms with Crippen LogP contribution in [0.5, 0.6) is 0 Å². The lowest BCUT2D eigenvalue weighted by atomic mass is 10.1. The van der Waals surface area contributed by atoms with Gasteiger partial charge >= 0.3 is 0 Å². The van der Waals surface area contributed by atoms with E-state index in [1.807, 2.05) is 13.0 Å². The predicted octanol–water partition coefficient (Wildman–Crippen LogP) is 2.34. The summed E-state index contributed by atoms with van der Waals surface area (Å²) < 4.78 is 5.27. The molecule has 0 aromatic rings. The normalized spacial score (nSPS) is 14.4. The summed E-state index contributed by atoms with van der Waals surface area (Å²) in [5.41, 5.74) is 1.16. The van der Waals surface area contributed by atoms with Crippen molar-refractivity contribution in [2.24, 2.45) is 0 Å². The van der Waals surface area contributed by atoms with E-state index in [0.717, 1.165) is 24.7 Å². The second-order valence-corrected chi connectivity index (χ2v) is 2.86. The van der Waals surface area contributed by atoms with Gasteiger partial charge in [0.05, 0.1) is 6.10 Å². The van der Waals surface area contributed by atoms with Gasteiger partial charge < -0.3 is 9.53 Å². The number of hydrogen-bond acceptors (Lipinski definition) is 2. The lowest BCUT2D eigenvalue weighted by Crippen LogP contribution is -2.11. The van der Waals surface area contributed by atoms with E-state index in [-0.39, 0.29) is 6.10 Å². The standard InChI is InChI=1S/C10H18O2/c1-4-6-10(12-3)9(2)7-5-8-11/h7-8,10H,4-6H2,1-3H3. The van der Waals surface area contributed by atoms with Gasteiger partial charge in [0.25, 0.3) is 0 Å². The molecule has 0 heterocycles. The van der Waals surface area contributed by atoms with Gasteiger partial charge in [-0.3, -0.25) is 0 Å². The van der Waals surface area contributed by atoms with Crippen molar-refractivity contribution in [3.8, 4) is 0 Å². The maximum Gasteiger partial charge on any atom is 0.123 e. The Bertz CT molecular complexity index is 150. The predicted molar refractivity (Wildman–Crippen MR) is 50.1 cm³/mol. The molecular weight excluding hydrogens is 152 g/mol. The molecule has 0 amide bonds. The van der Waals surface area contributed by atoms with Crippen molar-refractivity contribution >= 4 is 6.29 Å². The highest BCUT2D eigenvalue weighted by molar-refractivity contribution is 5.52. The fourth-order valence-electron chi connectivity index (χ4n) is 1.16. The number of ether oxygens (including phenoxy) is 1. The topological polar surface area (TPSA) is 26.3 Å². The molecule has 12 heavy (non-hydrogen) atoms. The molecule has 0 bridgehead atoms. The van der Waals surface area contributed by atoms with E-state index in [0.29, 0.717) is 6.42 Å². The Labute approximate surface area is 74.6 Å². The van der Waals surface area contributed by atoms with Gasteiger partial charge in [-0.2, -0.15) is 0 Å².